The number of hydrogen-bond donors (Lipinski definition) is 3. The van der Waals surface area contributed by atoms with Gasteiger partial charge >= 0.3 is 0 Å². The Morgan fingerprint density at radius 2 is 2.25 bits per heavy atom. The smallest absolute Gasteiger partial charge is 0.253 e. The van der Waals surface area contributed by atoms with E-state index >= 15 is 0 Å². The van der Waals surface area contributed by atoms with Crippen LogP contribution >= 0.6 is 0 Å². The molecular formula is C18H25N5O. The van der Waals surface area contributed by atoms with Gasteiger partial charge in [-0.15, -0.1) is 0 Å². The van der Waals surface area contributed by atoms with E-state index in [1.807, 2.05) is 38.2 Å². The molecule has 1 amide bonds. The lowest BCUT2D eigenvalue weighted by Gasteiger charge is -2.15. The second-order valence-electron chi connectivity index (χ2n) is 6.44. The van der Waals surface area contributed by atoms with E-state index in [0.717, 1.165) is 43.1 Å². The zero-order valence-corrected chi connectivity index (χ0v) is 14.3. The first-order chi connectivity index (χ1) is 11.7. The number of benzene rings is 1. The Morgan fingerprint density at radius 3 is 3.00 bits per heavy atom. The summed E-state index contributed by atoms with van der Waals surface area (Å²) >= 11 is 0. The van der Waals surface area contributed by atoms with Crippen LogP contribution in [0.3, 0.4) is 0 Å². The van der Waals surface area contributed by atoms with E-state index < -0.39 is 0 Å². The number of para-hydroxylation sites is 1. The SMILES string of the molecule is CNc1ccccc1C(=O)NC[C@H]1CCN(Cc2cc(C)[nH]n2)C1. The minimum Gasteiger partial charge on any atom is -0.387 e. The monoisotopic (exact) mass is 327 g/mol. The van der Waals surface area contributed by atoms with Gasteiger partial charge in [0, 0.05) is 38.1 Å². The molecular weight excluding hydrogens is 302 g/mol. The van der Waals surface area contributed by atoms with Crippen LogP contribution in [0.1, 0.15) is 28.2 Å². The molecule has 1 aromatic carbocycles. The molecule has 6 nitrogen and oxygen atoms in total. The van der Waals surface area contributed by atoms with Crippen LogP contribution in [0.2, 0.25) is 0 Å². The second-order valence-corrected chi connectivity index (χ2v) is 6.44. The maximum absolute atomic E-state index is 12.4. The summed E-state index contributed by atoms with van der Waals surface area (Å²) in [7, 11) is 1.83. The van der Waals surface area contributed by atoms with Crippen molar-refractivity contribution in [3.05, 3.63) is 47.3 Å². The van der Waals surface area contributed by atoms with Crippen molar-refractivity contribution in [2.75, 3.05) is 32.0 Å². The van der Waals surface area contributed by atoms with Gasteiger partial charge in [0.15, 0.2) is 0 Å². The summed E-state index contributed by atoms with van der Waals surface area (Å²) in [6.45, 7) is 5.66. The minimum absolute atomic E-state index is 0.0127. The molecule has 6 heteroatoms. The molecule has 1 fully saturated rings. The molecule has 3 N–H and O–H groups in total. The maximum atomic E-state index is 12.4. The molecule has 2 heterocycles. The average molecular weight is 327 g/mol. The third kappa shape index (κ3) is 3.94. The van der Waals surface area contributed by atoms with Crippen molar-refractivity contribution in [2.24, 2.45) is 5.92 Å². The van der Waals surface area contributed by atoms with E-state index in [0.29, 0.717) is 18.0 Å². The van der Waals surface area contributed by atoms with Crippen molar-refractivity contribution in [3.63, 3.8) is 0 Å². The van der Waals surface area contributed by atoms with Crippen LogP contribution in [0.4, 0.5) is 5.69 Å². The molecule has 0 saturated carbocycles. The van der Waals surface area contributed by atoms with Gasteiger partial charge in [0.25, 0.3) is 5.91 Å². The predicted octanol–water partition coefficient (Wildman–Crippen LogP) is 2.01. The Bertz CT molecular complexity index is 696. The minimum atomic E-state index is -0.0127. The van der Waals surface area contributed by atoms with Crippen LogP contribution in [-0.2, 0) is 6.54 Å². The Morgan fingerprint density at radius 1 is 1.42 bits per heavy atom. The lowest BCUT2D eigenvalue weighted by atomic mass is 10.1. The molecule has 0 unspecified atom stereocenters. The van der Waals surface area contributed by atoms with E-state index in [1.165, 1.54) is 0 Å². The van der Waals surface area contributed by atoms with E-state index in [1.54, 1.807) is 0 Å². The molecule has 1 aliphatic heterocycles. The molecule has 1 aromatic heterocycles. The van der Waals surface area contributed by atoms with E-state index in [4.69, 9.17) is 0 Å². The van der Waals surface area contributed by atoms with Crippen LogP contribution in [0.25, 0.3) is 0 Å². The lowest BCUT2D eigenvalue weighted by Crippen LogP contribution is -2.31. The summed E-state index contributed by atoms with van der Waals surface area (Å²) in [5.74, 6) is 0.483. The van der Waals surface area contributed by atoms with Gasteiger partial charge < -0.3 is 10.6 Å². The largest absolute Gasteiger partial charge is 0.387 e. The van der Waals surface area contributed by atoms with E-state index in [9.17, 15) is 4.79 Å². The molecule has 24 heavy (non-hydrogen) atoms. The van der Waals surface area contributed by atoms with E-state index in [2.05, 4.69) is 31.8 Å². The van der Waals surface area contributed by atoms with Crippen LogP contribution in [0.15, 0.2) is 30.3 Å². The molecule has 0 radical (unpaired) electrons. The number of carbonyl (C=O) groups excluding carboxylic acids is 1. The third-order valence-corrected chi connectivity index (χ3v) is 4.51. The fourth-order valence-electron chi connectivity index (χ4n) is 3.24. The van der Waals surface area contributed by atoms with Gasteiger partial charge in [-0.05, 0) is 44.0 Å². The highest BCUT2D eigenvalue weighted by Gasteiger charge is 2.23. The number of nitrogens with one attached hydrogen (secondary N) is 3. The van der Waals surface area contributed by atoms with E-state index in [-0.39, 0.29) is 5.91 Å². The van der Waals surface area contributed by atoms with Crippen LogP contribution in [-0.4, -0.2) is 47.7 Å². The number of carbonyl (C=O) groups is 1. The zero-order chi connectivity index (χ0) is 16.9. The number of anilines is 1. The highest BCUT2D eigenvalue weighted by atomic mass is 16.1. The summed E-state index contributed by atoms with van der Waals surface area (Å²) in [5.41, 5.74) is 3.73. The summed E-state index contributed by atoms with van der Waals surface area (Å²) < 4.78 is 0. The maximum Gasteiger partial charge on any atom is 0.253 e. The number of H-pyrrole nitrogens is 1. The first kappa shape index (κ1) is 16.5. The summed E-state index contributed by atoms with van der Waals surface area (Å²) in [6.07, 6.45) is 1.11. The average Bonchev–Trinajstić information content (AvgIpc) is 3.21. The molecule has 128 valence electrons. The number of aryl methyl sites for hydroxylation is 1. The second kappa shape index (κ2) is 7.49. The van der Waals surface area contributed by atoms with Crippen LogP contribution in [0, 0.1) is 12.8 Å². The Labute approximate surface area is 142 Å². The fraction of sp³-hybridized carbons (Fsp3) is 0.444. The summed E-state index contributed by atoms with van der Waals surface area (Å²) in [6, 6.07) is 9.66. The molecule has 3 rings (SSSR count). The highest BCUT2D eigenvalue weighted by Crippen LogP contribution is 2.18. The number of amides is 1. The van der Waals surface area contributed by atoms with Crippen molar-refractivity contribution >= 4 is 11.6 Å². The van der Waals surface area contributed by atoms with Crippen LogP contribution < -0.4 is 10.6 Å². The fourth-order valence-corrected chi connectivity index (χ4v) is 3.24. The van der Waals surface area contributed by atoms with Gasteiger partial charge in [-0.1, -0.05) is 12.1 Å². The summed E-state index contributed by atoms with van der Waals surface area (Å²) in [4.78, 5) is 14.8. The van der Waals surface area contributed by atoms with Crippen molar-refractivity contribution in [1.29, 1.82) is 0 Å². The predicted molar refractivity (Wildman–Crippen MR) is 95.0 cm³/mol. The molecule has 1 saturated heterocycles. The summed E-state index contributed by atoms with van der Waals surface area (Å²) in [5, 5.41) is 13.4. The van der Waals surface area contributed by atoms with Gasteiger partial charge in [-0.2, -0.15) is 5.10 Å². The molecule has 2 aromatic rings. The van der Waals surface area contributed by atoms with Gasteiger partial charge in [-0.25, -0.2) is 0 Å². The van der Waals surface area contributed by atoms with Gasteiger partial charge in [0.1, 0.15) is 0 Å². The molecule has 0 bridgehead atoms. The van der Waals surface area contributed by atoms with Crippen molar-refractivity contribution in [3.8, 4) is 0 Å². The molecule has 1 aliphatic rings. The van der Waals surface area contributed by atoms with Crippen molar-refractivity contribution < 1.29 is 4.79 Å². The quantitative estimate of drug-likeness (QED) is 0.759. The van der Waals surface area contributed by atoms with Crippen molar-refractivity contribution in [2.45, 2.75) is 19.9 Å². The molecule has 0 aliphatic carbocycles. The van der Waals surface area contributed by atoms with Crippen molar-refractivity contribution in [1.82, 2.24) is 20.4 Å². The number of aromatic nitrogens is 2. The lowest BCUT2D eigenvalue weighted by molar-refractivity contribution is 0.0948. The number of likely N-dealkylation sites (tertiary alicyclic amines) is 1. The Balaban J connectivity index is 1.48. The topological polar surface area (TPSA) is 73.1 Å². The van der Waals surface area contributed by atoms with Crippen LogP contribution in [0.5, 0.6) is 0 Å². The number of hydrogen-bond acceptors (Lipinski definition) is 4. The number of rotatable bonds is 6. The standard InChI is InChI=1S/C18H25N5O/c1-13-9-15(22-21-13)12-23-8-7-14(11-23)10-20-18(24)16-5-3-4-6-17(16)19-2/h3-6,9,14,19H,7-8,10-12H2,1-2H3,(H,20,24)(H,21,22)/t14-/m1/s1. The molecule has 0 spiro atoms. The Hall–Kier alpha value is -2.34. The first-order valence-electron chi connectivity index (χ1n) is 8.44. The number of aromatic amines is 1. The highest BCUT2D eigenvalue weighted by molar-refractivity contribution is 5.99. The Kier molecular flexibility index (Phi) is 5.15. The van der Waals surface area contributed by atoms with Gasteiger partial charge in [0.05, 0.1) is 11.3 Å². The zero-order valence-electron chi connectivity index (χ0n) is 14.3. The molecule has 1 atom stereocenters. The number of nitrogens with zero attached hydrogens (tertiary/aromatic N) is 2. The third-order valence-electron chi connectivity index (χ3n) is 4.51. The first-order valence-corrected chi connectivity index (χ1v) is 8.44. The van der Waals surface area contributed by atoms with Gasteiger partial charge in [0.2, 0.25) is 0 Å². The van der Waals surface area contributed by atoms with Gasteiger partial charge in [-0.3, -0.25) is 14.8 Å². The normalized spacial score (nSPS) is 17.8.